The van der Waals surface area contributed by atoms with Crippen LogP contribution in [0.1, 0.15) is 12.8 Å². The number of aromatic amines is 1. The van der Waals surface area contributed by atoms with Gasteiger partial charge in [-0.1, -0.05) is 6.07 Å². The molecule has 0 atom stereocenters. The van der Waals surface area contributed by atoms with Gasteiger partial charge in [0.1, 0.15) is 11.5 Å². The third kappa shape index (κ3) is 3.56. The summed E-state index contributed by atoms with van der Waals surface area (Å²) in [5.41, 5.74) is 9.63. The van der Waals surface area contributed by atoms with E-state index in [1.54, 1.807) is 25.6 Å². The van der Waals surface area contributed by atoms with Gasteiger partial charge in [0.05, 0.1) is 28.6 Å². The van der Waals surface area contributed by atoms with Crippen LogP contribution in [-0.4, -0.2) is 56.7 Å². The SMILES string of the molecule is CNC(=O)C1(N)CCN(c2cccc(-c3n[nH]c4cnc(-c5cccnc5)cc34)n2)CC1. The molecule has 0 aromatic carbocycles. The van der Waals surface area contributed by atoms with Gasteiger partial charge in [0.15, 0.2) is 0 Å². The van der Waals surface area contributed by atoms with Crippen LogP contribution in [0, 0.1) is 0 Å². The van der Waals surface area contributed by atoms with E-state index in [2.05, 4.69) is 30.4 Å². The topological polar surface area (TPSA) is 126 Å². The molecule has 4 aromatic heterocycles. The summed E-state index contributed by atoms with van der Waals surface area (Å²) in [6, 6.07) is 11.8. The largest absolute Gasteiger partial charge is 0.358 e. The van der Waals surface area contributed by atoms with Crippen molar-refractivity contribution in [3.63, 3.8) is 0 Å². The van der Waals surface area contributed by atoms with Crippen molar-refractivity contribution in [3.05, 3.63) is 55.0 Å². The smallest absolute Gasteiger partial charge is 0.239 e. The number of carbonyl (C=O) groups excluding carboxylic acids is 1. The molecule has 1 saturated heterocycles. The van der Waals surface area contributed by atoms with Crippen molar-refractivity contribution in [1.29, 1.82) is 0 Å². The number of likely N-dealkylation sites (N-methyl/N-ethyl adjacent to an activating group) is 1. The molecular weight excluding hydrogens is 404 g/mol. The summed E-state index contributed by atoms with van der Waals surface area (Å²) in [7, 11) is 1.62. The van der Waals surface area contributed by atoms with Crippen LogP contribution >= 0.6 is 0 Å². The fourth-order valence-corrected chi connectivity index (χ4v) is 4.13. The molecule has 0 radical (unpaired) electrons. The molecule has 0 saturated carbocycles. The molecule has 1 fully saturated rings. The van der Waals surface area contributed by atoms with Crippen molar-refractivity contribution < 1.29 is 4.79 Å². The molecule has 1 amide bonds. The number of nitrogens with one attached hydrogen (secondary N) is 2. The lowest BCUT2D eigenvalue weighted by molar-refractivity contribution is -0.126. The molecule has 4 aromatic rings. The van der Waals surface area contributed by atoms with Gasteiger partial charge in [-0.15, -0.1) is 0 Å². The fourth-order valence-electron chi connectivity index (χ4n) is 4.13. The monoisotopic (exact) mass is 428 g/mol. The first-order chi connectivity index (χ1) is 15.6. The Labute approximate surface area is 185 Å². The fraction of sp³-hybridized carbons (Fsp3) is 0.261. The molecule has 1 aliphatic heterocycles. The number of hydrogen-bond donors (Lipinski definition) is 3. The van der Waals surface area contributed by atoms with Crippen molar-refractivity contribution in [3.8, 4) is 22.6 Å². The predicted octanol–water partition coefficient (Wildman–Crippen LogP) is 2.13. The van der Waals surface area contributed by atoms with Crippen molar-refractivity contribution in [2.45, 2.75) is 18.4 Å². The molecule has 32 heavy (non-hydrogen) atoms. The van der Waals surface area contributed by atoms with Crippen molar-refractivity contribution in [2.75, 3.05) is 25.0 Å². The Hall–Kier alpha value is -3.85. The number of nitrogens with two attached hydrogens (primary N) is 1. The number of amides is 1. The molecule has 9 nitrogen and oxygen atoms in total. The molecule has 5 heterocycles. The summed E-state index contributed by atoms with van der Waals surface area (Å²) < 4.78 is 0. The lowest BCUT2D eigenvalue weighted by atomic mass is 9.87. The number of pyridine rings is 3. The van der Waals surface area contributed by atoms with E-state index < -0.39 is 5.54 Å². The minimum Gasteiger partial charge on any atom is -0.358 e. The van der Waals surface area contributed by atoms with E-state index in [0.717, 1.165) is 39.4 Å². The number of H-pyrrole nitrogens is 1. The average molecular weight is 429 g/mol. The Balaban J connectivity index is 1.44. The zero-order chi connectivity index (χ0) is 22.1. The third-order valence-electron chi connectivity index (χ3n) is 6.04. The van der Waals surface area contributed by atoms with Gasteiger partial charge < -0.3 is 16.0 Å². The van der Waals surface area contributed by atoms with Crippen LogP contribution in [0.15, 0.2) is 55.0 Å². The number of aromatic nitrogens is 5. The molecule has 4 N–H and O–H groups in total. The highest BCUT2D eigenvalue weighted by Crippen LogP contribution is 2.30. The van der Waals surface area contributed by atoms with E-state index >= 15 is 0 Å². The van der Waals surface area contributed by atoms with E-state index in [0.29, 0.717) is 25.9 Å². The number of fused-ring (bicyclic) bond motifs is 1. The molecule has 0 unspecified atom stereocenters. The predicted molar refractivity (Wildman–Crippen MR) is 123 cm³/mol. The van der Waals surface area contributed by atoms with Gasteiger partial charge in [0.2, 0.25) is 5.91 Å². The summed E-state index contributed by atoms with van der Waals surface area (Å²) in [4.78, 5) is 27.8. The number of hydrogen-bond acceptors (Lipinski definition) is 7. The van der Waals surface area contributed by atoms with Gasteiger partial charge in [-0.25, -0.2) is 4.98 Å². The summed E-state index contributed by atoms with van der Waals surface area (Å²) >= 11 is 0. The van der Waals surface area contributed by atoms with Crippen LogP contribution in [-0.2, 0) is 4.79 Å². The zero-order valence-corrected chi connectivity index (χ0v) is 17.7. The summed E-state index contributed by atoms with van der Waals surface area (Å²) in [6.07, 6.45) is 6.46. The standard InChI is InChI=1S/C23H24N8O/c1-25-22(32)23(24)7-10-31(11-8-23)20-6-2-5-17(28-20)21-16-12-18(15-4-3-9-26-13-15)27-14-19(16)29-30-21/h2-6,9,12-14H,7-8,10-11,24H2,1H3,(H,25,32)(H,29,30). The number of nitrogens with zero attached hydrogens (tertiary/aromatic N) is 5. The van der Waals surface area contributed by atoms with Crippen LogP contribution in [0.4, 0.5) is 5.82 Å². The lowest BCUT2D eigenvalue weighted by Gasteiger charge is -2.38. The Kier molecular flexibility index (Phi) is 5.02. The van der Waals surface area contributed by atoms with E-state index in [1.165, 1.54) is 0 Å². The summed E-state index contributed by atoms with van der Waals surface area (Å²) in [5, 5.41) is 11.2. The highest BCUT2D eigenvalue weighted by Gasteiger charge is 2.37. The van der Waals surface area contributed by atoms with Gasteiger partial charge in [0, 0.05) is 43.5 Å². The van der Waals surface area contributed by atoms with Crippen LogP contribution in [0.25, 0.3) is 33.5 Å². The molecule has 0 bridgehead atoms. The Bertz CT molecular complexity index is 1260. The van der Waals surface area contributed by atoms with E-state index in [1.807, 2.05) is 36.4 Å². The second-order valence-electron chi connectivity index (χ2n) is 8.03. The van der Waals surface area contributed by atoms with Gasteiger partial charge in [-0.2, -0.15) is 5.10 Å². The average Bonchev–Trinajstić information content (AvgIpc) is 3.28. The highest BCUT2D eigenvalue weighted by atomic mass is 16.2. The Morgan fingerprint density at radius 3 is 2.75 bits per heavy atom. The molecule has 9 heteroatoms. The zero-order valence-electron chi connectivity index (χ0n) is 17.7. The number of piperidine rings is 1. The van der Waals surface area contributed by atoms with Gasteiger partial charge in [-0.3, -0.25) is 19.9 Å². The molecule has 0 aliphatic carbocycles. The van der Waals surface area contributed by atoms with E-state index in [4.69, 9.17) is 10.7 Å². The maximum atomic E-state index is 12.1. The van der Waals surface area contributed by atoms with E-state index in [-0.39, 0.29) is 5.91 Å². The number of anilines is 1. The van der Waals surface area contributed by atoms with Gasteiger partial charge in [0.25, 0.3) is 0 Å². The number of rotatable bonds is 4. The normalized spacial score (nSPS) is 15.6. The maximum absolute atomic E-state index is 12.1. The number of carbonyl (C=O) groups is 1. The maximum Gasteiger partial charge on any atom is 0.239 e. The quantitative estimate of drug-likeness (QED) is 0.454. The third-order valence-corrected chi connectivity index (χ3v) is 6.04. The van der Waals surface area contributed by atoms with Crippen LogP contribution in [0.3, 0.4) is 0 Å². The highest BCUT2D eigenvalue weighted by molar-refractivity contribution is 5.93. The first kappa shape index (κ1) is 20.1. The first-order valence-electron chi connectivity index (χ1n) is 10.6. The molecular formula is C23H24N8O. The van der Waals surface area contributed by atoms with Crippen molar-refractivity contribution in [2.24, 2.45) is 5.73 Å². The minimum atomic E-state index is -0.822. The van der Waals surface area contributed by atoms with Crippen molar-refractivity contribution in [1.82, 2.24) is 30.5 Å². The molecule has 1 aliphatic rings. The molecule has 5 rings (SSSR count). The minimum absolute atomic E-state index is 0.111. The summed E-state index contributed by atoms with van der Waals surface area (Å²) in [5.74, 6) is 0.735. The Morgan fingerprint density at radius 2 is 2.00 bits per heavy atom. The molecule has 0 spiro atoms. The van der Waals surface area contributed by atoms with Crippen molar-refractivity contribution >= 4 is 22.6 Å². The summed E-state index contributed by atoms with van der Waals surface area (Å²) in [6.45, 7) is 1.33. The first-order valence-corrected chi connectivity index (χ1v) is 10.6. The van der Waals surface area contributed by atoms with Crippen LogP contribution in [0.5, 0.6) is 0 Å². The van der Waals surface area contributed by atoms with Crippen LogP contribution < -0.4 is 16.0 Å². The second-order valence-corrected chi connectivity index (χ2v) is 8.03. The van der Waals surface area contributed by atoms with Gasteiger partial charge >= 0.3 is 0 Å². The van der Waals surface area contributed by atoms with Crippen LogP contribution in [0.2, 0.25) is 0 Å². The Morgan fingerprint density at radius 1 is 1.16 bits per heavy atom. The lowest BCUT2D eigenvalue weighted by Crippen LogP contribution is -2.59. The molecule has 162 valence electrons. The van der Waals surface area contributed by atoms with Gasteiger partial charge in [-0.05, 0) is 43.2 Å². The van der Waals surface area contributed by atoms with E-state index in [9.17, 15) is 4.79 Å². The second kappa shape index (κ2) is 8.01.